The second kappa shape index (κ2) is 8.51. The lowest BCUT2D eigenvalue weighted by Gasteiger charge is -2.44. The fraction of sp³-hybridized carbons (Fsp3) is 0.929. The summed E-state index contributed by atoms with van der Waals surface area (Å²) >= 11 is 2.31. The molecule has 3 N–H and O–H groups in total. The summed E-state index contributed by atoms with van der Waals surface area (Å²) in [6, 6.07) is 0. The quantitative estimate of drug-likeness (QED) is 0.401. The topological polar surface area (TPSA) is 81.0 Å². The number of aliphatic hydroxyl groups is 3. The second-order valence-corrected chi connectivity index (χ2v) is 8.65. The standard InChI is InChI=1S/C14H28INO4/c1-5-12(20)16(14(8-17,9-18)10-19)7-13(4,15)6-11(2)3/h11,17-19H,5-10H2,1-4H3. The average Bonchev–Trinajstić information content (AvgIpc) is 2.37. The predicted molar refractivity (Wildman–Crippen MR) is 87.9 cm³/mol. The first kappa shape index (κ1) is 20.1. The van der Waals surface area contributed by atoms with Crippen LogP contribution in [-0.4, -0.2) is 61.5 Å². The number of hydrogen-bond acceptors (Lipinski definition) is 4. The van der Waals surface area contributed by atoms with Gasteiger partial charge in [-0.3, -0.25) is 4.79 Å². The third-order valence-electron chi connectivity index (χ3n) is 3.38. The third-order valence-corrected chi connectivity index (χ3v) is 4.16. The molecular formula is C14H28INO4. The van der Waals surface area contributed by atoms with Crippen molar-refractivity contribution in [1.29, 1.82) is 0 Å². The van der Waals surface area contributed by atoms with Gasteiger partial charge in [0, 0.05) is 16.4 Å². The maximum absolute atomic E-state index is 12.2. The van der Waals surface area contributed by atoms with E-state index >= 15 is 0 Å². The molecule has 0 saturated carbocycles. The van der Waals surface area contributed by atoms with Gasteiger partial charge in [0.2, 0.25) is 5.91 Å². The number of rotatable bonds is 9. The van der Waals surface area contributed by atoms with Crippen LogP contribution in [0.4, 0.5) is 0 Å². The van der Waals surface area contributed by atoms with E-state index in [1.54, 1.807) is 6.92 Å². The van der Waals surface area contributed by atoms with Crippen molar-refractivity contribution in [2.24, 2.45) is 5.92 Å². The Morgan fingerprint density at radius 2 is 1.65 bits per heavy atom. The Kier molecular flexibility index (Phi) is 8.54. The molecule has 0 aromatic rings. The summed E-state index contributed by atoms with van der Waals surface area (Å²) in [7, 11) is 0. The first-order chi connectivity index (χ1) is 9.17. The Morgan fingerprint density at radius 1 is 1.20 bits per heavy atom. The minimum atomic E-state index is -1.30. The van der Waals surface area contributed by atoms with Crippen LogP contribution in [0.2, 0.25) is 0 Å². The molecule has 0 radical (unpaired) electrons. The molecular weight excluding hydrogens is 373 g/mol. The highest BCUT2D eigenvalue weighted by Gasteiger charge is 2.41. The molecule has 1 amide bonds. The average molecular weight is 401 g/mol. The first-order valence-electron chi connectivity index (χ1n) is 7.00. The van der Waals surface area contributed by atoms with Gasteiger partial charge in [-0.15, -0.1) is 0 Å². The van der Waals surface area contributed by atoms with Gasteiger partial charge in [-0.25, -0.2) is 0 Å². The van der Waals surface area contributed by atoms with Gasteiger partial charge in [0.05, 0.1) is 19.8 Å². The number of carbonyl (C=O) groups is 1. The lowest BCUT2D eigenvalue weighted by molar-refractivity contribution is -0.146. The molecule has 120 valence electrons. The number of halogens is 1. The lowest BCUT2D eigenvalue weighted by Crippen LogP contribution is -2.62. The normalized spacial score (nSPS) is 15.2. The van der Waals surface area contributed by atoms with Gasteiger partial charge in [0.1, 0.15) is 5.54 Å². The summed E-state index contributed by atoms with van der Waals surface area (Å²) in [4.78, 5) is 13.6. The van der Waals surface area contributed by atoms with Gasteiger partial charge in [0.15, 0.2) is 0 Å². The van der Waals surface area contributed by atoms with E-state index in [-0.39, 0.29) is 15.7 Å². The van der Waals surface area contributed by atoms with Gasteiger partial charge in [0.25, 0.3) is 0 Å². The highest BCUT2D eigenvalue weighted by molar-refractivity contribution is 14.1. The van der Waals surface area contributed by atoms with Crippen LogP contribution in [0.15, 0.2) is 0 Å². The number of amides is 1. The fourth-order valence-corrected chi connectivity index (χ4v) is 3.58. The zero-order chi connectivity index (χ0) is 16.0. The molecule has 1 atom stereocenters. The lowest BCUT2D eigenvalue weighted by atomic mass is 9.93. The molecule has 0 spiro atoms. The molecule has 0 saturated heterocycles. The Bertz CT molecular complexity index is 295. The summed E-state index contributed by atoms with van der Waals surface area (Å²) in [6.45, 7) is 7.01. The first-order valence-corrected chi connectivity index (χ1v) is 8.08. The third kappa shape index (κ3) is 5.46. The second-order valence-electron chi connectivity index (χ2n) is 6.04. The summed E-state index contributed by atoms with van der Waals surface area (Å²) in [5.74, 6) is 0.302. The molecule has 0 heterocycles. The van der Waals surface area contributed by atoms with Gasteiger partial charge in [-0.05, 0) is 19.3 Å². The highest BCUT2D eigenvalue weighted by Crippen LogP contribution is 2.31. The van der Waals surface area contributed by atoms with E-state index in [4.69, 9.17) is 0 Å². The molecule has 1 unspecified atom stereocenters. The Hall–Kier alpha value is 0.0800. The molecule has 0 aromatic heterocycles. The van der Waals surface area contributed by atoms with Gasteiger partial charge in [-0.2, -0.15) is 0 Å². The van der Waals surface area contributed by atoms with Crippen LogP contribution in [0.5, 0.6) is 0 Å². The van der Waals surface area contributed by atoms with E-state index < -0.39 is 25.4 Å². The zero-order valence-corrected chi connectivity index (χ0v) is 15.1. The van der Waals surface area contributed by atoms with Crippen molar-refractivity contribution in [3.05, 3.63) is 0 Å². The van der Waals surface area contributed by atoms with Crippen molar-refractivity contribution in [2.45, 2.75) is 49.5 Å². The maximum Gasteiger partial charge on any atom is 0.223 e. The van der Waals surface area contributed by atoms with E-state index in [0.29, 0.717) is 12.5 Å². The van der Waals surface area contributed by atoms with Crippen LogP contribution in [0.3, 0.4) is 0 Å². The molecule has 0 fully saturated rings. The Balaban J connectivity index is 5.31. The van der Waals surface area contributed by atoms with E-state index in [0.717, 1.165) is 6.42 Å². The Morgan fingerprint density at radius 3 is 1.95 bits per heavy atom. The van der Waals surface area contributed by atoms with Crippen LogP contribution >= 0.6 is 22.6 Å². The zero-order valence-electron chi connectivity index (χ0n) is 12.9. The molecule has 0 aliphatic rings. The van der Waals surface area contributed by atoms with Crippen molar-refractivity contribution in [1.82, 2.24) is 4.90 Å². The predicted octanol–water partition coefficient (Wildman–Crippen LogP) is 1.18. The van der Waals surface area contributed by atoms with Crippen molar-refractivity contribution in [3.8, 4) is 0 Å². The van der Waals surface area contributed by atoms with E-state index in [9.17, 15) is 20.1 Å². The summed E-state index contributed by atoms with van der Waals surface area (Å²) in [5, 5.41) is 28.7. The molecule has 0 aliphatic heterocycles. The van der Waals surface area contributed by atoms with E-state index in [1.807, 2.05) is 6.92 Å². The maximum atomic E-state index is 12.2. The van der Waals surface area contributed by atoms with Crippen LogP contribution in [0.25, 0.3) is 0 Å². The number of alkyl halides is 1. The molecule has 0 aromatic carbocycles. The van der Waals surface area contributed by atoms with Crippen LogP contribution in [0.1, 0.15) is 40.5 Å². The van der Waals surface area contributed by atoms with Crippen molar-refractivity contribution in [3.63, 3.8) is 0 Å². The van der Waals surface area contributed by atoms with Crippen LogP contribution < -0.4 is 0 Å². The van der Waals surface area contributed by atoms with Crippen molar-refractivity contribution >= 4 is 28.5 Å². The number of hydrogen-bond donors (Lipinski definition) is 3. The fourth-order valence-electron chi connectivity index (χ4n) is 2.36. The molecule has 6 heteroatoms. The van der Waals surface area contributed by atoms with Crippen molar-refractivity contribution in [2.75, 3.05) is 26.4 Å². The van der Waals surface area contributed by atoms with E-state index in [2.05, 4.69) is 36.4 Å². The van der Waals surface area contributed by atoms with Gasteiger partial charge in [-0.1, -0.05) is 43.4 Å². The van der Waals surface area contributed by atoms with Crippen LogP contribution in [-0.2, 0) is 4.79 Å². The van der Waals surface area contributed by atoms with Crippen molar-refractivity contribution < 1.29 is 20.1 Å². The van der Waals surface area contributed by atoms with Gasteiger partial charge >= 0.3 is 0 Å². The minimum absolute atomic E-state index is 0.172. The molecule has 5 nitrogen and oxygen atoms in total. The molecule has 0 rings (SSSR count). The van der Waals surface area contributed by atoms with E-state index in [1.165, 1.54) is 4.90 Å². The van der Waals surface area contributed by atoms with Gasteiger partial charge < -0.3 is 20.2 Å². The summed E-state index contributed by atoms with van der Waals surface area (Å²) in [5.41, 5.74) is -1.30. The molecule has 0 aliphatic carbocycles. The summed E-state index contributed by atoms with van der Waals surface area (Å²) < 4.78 is -0.179. The number of carbonyl (C=O) groups excluding carboxylic acids is 1. The SMILES string of the molecule is CCC(=O)N(CC(C)(I)CC(C)C)C(CO)(CO)CO. The minimum Gasteiger partial charge on any atom is -0.394 e. The number of aliphatic hydroxyl groups excluding tert-OH is 3. The highest BCUT2D eigenvalue weighted by atomic mass is 127. The number of nitrogens with zero attached hydrogens (tertiary/aromatic N) is 1. The molecule has 0 bridgehead atoms. The monoisotopic (exact) mass is 401 g/mol. The molecule has 20 heavy (non-hydrogen) atoms. The van der Waals surface area contributed by atoms with Crippen LogP contribution in [0, 0.1) is 5.92 Å². The largest absolute Gasteiger partial charge is 0.394 e. The summed E-state index contributed by atoms with van der Waals surface area (Å²) in [6.07, 6.45) is 1.18. The smallest absolute Gasteiger partial charge is 0.223 e. The Labute approximate surface area is 135 Å².